The minimum atomic E-state index is -0.415. The van der Waals surface area contributed by atoms with Crippen molar-refractivity contribution in [2.24, 2.45) is 0 Å². The van der Waals surface area contributed by atoms with E-state index in [0.717, 1.165) is 4.70 Å². The van der Waals surface area contributed by atoms with E-state index in [1.165, 1.54) is 38.7 Å². The first-order valence-electron chi connectivity index (χ1n) is 10.1. The SMILES string of the molecule is CCc1nc(OCC(=O)Nc2cc(OC)c(OC)c(OC)c2)c2sc3cccc(F)c3c2n1. The lowest BCUT2D eigenvalue weighted by atomic mass is 10.2. The number of nitrogens with zero attached hydrogens (tertiary/aromatic N) is 2. The smallest absolute Gasteiger partial charge is 0.262 e. The maximum atomic E-state index is 14.5. The summed E-state index contributed by atoms with van der Waals surface area (Å²) < 4.78 is 37.5. The van der Waals surface area contributed by atoms with Crippen molar-refractivity contribution in [2.75, 3.05) is 33.3 Å². The molecule has 4 aromatic rings. The highest BCUT2D eigenvalue weighted by Crippen LogP contribution is 2.40. The van der Waals surface area contributed by atoms with E-state index in [9.17, 15) is 9.18 Å². The fourth-order valence-corrected chi connectivity index (χ4v) is 4.50. The molecule has 0 saturated carbocycles. The third-order valence-electron chi connectivity index (χ3n) is 4.91. The number of hydrogen-bond donors (Lipinski definition) is 1. The molecule has 0 unspecified atom stereocenters. The Morgan fingerprint density at radius 1 is 1.09 bits per heavy atom. The predicted octanol–water partition coefficient (Wildman–Crippen LogP) is 4.59. The molecule has 172 valence electrons. The lowest BCUT2D eigenvalue weighted by Gasteiger charge is -2.14. The Balaban J connectivity index is 1.59. The van der Waals surface area contributed by atoms with Gasteiger partial charge in [0.25, 0.3) is 5.91 Å². The third kappa shape index (κ3) is 4.34. The van der Waals surface area contributed by atoms with Crippen LogP contribution in [0.25, 0.3) is 20.3 Å². The summed E-state index contributed by atoms with van der Waals surface area (Å²) in [5.74, 6) is 1.22. The number of hydrogen-bond acceptors (Lipinski definition) is 8. The van der Waals surface area contributed by atoms with Crippen molar-refractivity contribution in [1.29, 1.82) is 0 Å². The first-order chi connectivity index (χ1) is 16.0. The highest BCUT2D eigenvalue weighted by molar-refractivity contribution is 7.26. The number of carbonyl (C=O) groups excluding carboxylic acids is 1. The molecule has 0 aliphatic heterocycles. The van der Waals surface area contributed by atoms with Crippen molar-refractivity contribution in [2.45, 2.75) is 13.3 Å². The number of rotatable bonds is 8. The number of halogens is 1. The van der Waals surface area contributed by atoms with Crippen LogP contribution in [0.1, 0.15) is 12.7 Å². The quantitative estimate of drug-likeness (QED) is 0.402. The Kier molecular flexibility index (Phi) is 6.45. The van der Waals surface area contributed by atoms with Crippen LogP contribution in [0.4, 0.5) is 10.1 Å². The van der Waals surface area contributed by atoms with E-state index in [-0.39, 0.29) is 18.3 Å². The molecule has 0 aliphatic carbocycles. The number of amides is 1. The number of ether oxygens (including phenoxy) is 4. The summed E-state index contributed by atoms with van der Waals surface area (Å²) in [5.41, 5.74) is 0.934. The minimum Gasteiger partial charge on any atom is -0.493 e. The average molecular weight is 472 g/mol. The van der Waals surface area contributed by atoms with Gasteiger partial charge in [0, 0.05) is 28.9 Å². The van der Waals surface area contributed by atoms with E-state index in [1.807, 2.05) is 13.0 Å². The average Bonchev–Trinajstić information content (AvgIpc) is 3.21. The Bertz CT molecular complexity index is 1320. The summed E-state index contributed by atoms with van der Waals surface area (Å²) in [6, 6.07) is 8.09. The number of methoxy groups -OCH3 is 3. The van der Waals surface area contributed by atoms with Gasteiger partial charge in [0.15, 0.2) is 18.1 Å². The number of anilines is 1. The van der Waals surface area contributed by atoms with Crippen molar-refractivity contribution in [3.63, 3.8) is 0 Å². The van der Waals surface area contributed by atoms with Gasteiger partial charge < -0.3 is 24.3 Å². The van der Waals surface area contributed by atoms with Crippen molar-refractivity contribution < 1.29 is 28.1 Å². The summed E-state index contributed by atoms with van der Waals surface area (Å²) in [5, 5.41) is 3.18. The Hall–Kier alpha value is -3.66. The van der Waals surface area contributed by atoms with Gasteiger partial charge in [-0.1, -0.05) is 13.0 Å². The van der Waals surface area contributed by atoms with Crippen LogP contribution >= 0.6 is 11.3 Å². The summed E-state index contributed by atoms with van der Waals surface area (Å²) in [4.78, 5) is 21.5. The molecule has 2 aromatic heterocycles. The topological polar surface area (TPSA) is 91.8 Å². The van der Waals surface area contributed by atoms with Crippen LogP contribution in [0.15, 0.2) is 30.3 Å². The molecule has 0 bridgehead atoms. The van der Waals surface area contributed by atoms with E-state index in [0.29, 0.717) is 50.8 Å². The third-order valence-corrected chi connectivity index (χ3v) is 6.04. The summed E-state index contributed by atoms with van der Waals surface area (Å²) >= 11 is 1.32. The normalized spacial score (nSPS) is 10.9. The number of fused-ring (bicyclic) bond motifs is 3. The van der Waals surface area contributed by atoms with Crippen LogP contribution in [0.2, 0.25) is 0 Å². The van der Waals surface area contributed by atoms with Crippen LogP contribution in [-0.4, -0.2) is 43.8 Å². The molecule has 2 aromatic carbocycles. The van der Waals surface area contributed by atoms with E-state index in [2.05, 4.69) is 15.3 Å². The molecule has 4 rings (SSSR count). The maximum absolute atomic E-state index is 14.5. The van der Waals surface area contributed by atoms with Crippen LogP contribution in [0.3, 0.4) is 0 Å². The molecular formula is C23H22FN3O5S. The number of carbonyl (C=O) groups is 1. The summed E-state index contributed by atoms with van der Waals surface area (Å²) in [7, 11) is 4.48. The molecule has 1 amide bonds. The van der Waals surface area contributed by atoms with Gasteiger partial charge in [-0.25, -0.2) is 9.37 Å². The second-order valence-electron chi connectivity index (χ2n) is 6.94. The molecule has 1 N–H and O–H groups in total. The van der Waals surface area contributed by atoms with Gasteiger partial charge in [-0.3, -0.25) is 4.79 Å². The van der Waals surface area contributed by atoms with E-state index in [1.54, 1.807) is 18.2 Å². The number of aryl methyl sites for hydroxylation is 1. The fraction of sp³-hybridized carbons (Fsp3) is 0.261. The van der Waals surface area contributed by atoms with Crippen LogP contribution < -0.4 is 24.3 Å². The molecule has 8 nitrogen and oxygen atoms in total. The van der Waals surface area contributed by atoms with Crippen molar-refractivity contribution in [1.82, 2.24) is 9.97 Å². The standard InChI is InChI=1S/C23H22FN3O5S/c1-5-17-26-20-19-13(24)7-6-8-16(19)33-22(20)23(27-17)32-11-18(28)25-12-9-14(29-2)21(31-4)15(10-12)30-3/h6-10H,5,11H2,1-4H3,(H,25,28). The predicted molar refractivity (Wildman–Crippen MR) is 124 cm³/mol. The molecule has 0 spiro atoms. The zero-order valence-electron chi connectivity index (χ0n) is 18.5. The highest BCUT2D eigenvalue weighted by Gasteiger charge is 2.19. The number of nitrogens with one attached hydrogen (secondary N) is 1. The molecule has 10 heteroatoms. The summed E-state index contributed by atoms with van der Waals surface area (Å²) in [6.45, 7) is 1.59. The van der Waals surface area contributed by atoms with Crippen molar-refractivity contribution in [3.8, 4) is 23.1 Å². The lowest BCUT2D eigenvalue weighted by Crippen LogP contribution is -2.20. The molecule has 0 saturated heterocycles. The highest BCUT2D eigenvalue weighted by atomic mass is 32.1. The van der Waals surface area contributed by atoms with Crippen LogP contribution in [-0.2, 0) is 11.2 Å². The van der Waals surface area contributed by atoms with Gasteiger partial charge in [-0.2, -0.15) is 4.98 Å². The molecular weight excluding hydrogens is 449 g/mol. The van der Waals surface area contributed by atoms with E-state index in [4.69, 9.17) is 18.9 Å². The number of aromatic nitrogens is 2. The number of benzene rings is 2. The Morgan fingerprint density at radius 3 is 2.45 bits per heavy atom. The van der Waals surface area contributed by atoms with Crippen molar-refractivity contribution in [3.05, 3.63) is 42.0 Å². The van der Waals surface area contributed by atoms with Gasteiger partial charge >= 0.3 is 0 Å². The van der Waals surface area contributed by atoms with Crippen molar-refractivity contribution >= 4 is 43.2 Å². The molecule has 0 fully saturated rings. The zero-order valence-corrected chi connectivity index (χ0v) is 19.3. The second-order valence-corrected chi connectivity index (χ2v) is 7.99. The molecule has 33 heavy (non-hydrogen) atoms. The second kappa shape index (κ2) is 9.45. The number of thiophene rings is 1. The van der Waals surface area contributed by atoms with Crippen LogP contribution in [0, 0.1) is 5.82 Å². The lowest BCUT2D eigenvalue weighted by molar-refractivity contribution is -0.118. The molecule has 0 radical (unpaired) electrons. The van der Waals surface area contributed by atoms with Gasteiger partial charge in [0.05, 0.1) is 32.2 Å². The van der Waals surface area contributed by atoms with Crippen LogP contribution in [0.5, 0.6) is 23.1 Å². The minimum absolute atomic E-state index is 0.248. The summed E-state index contributed by atoms with van der Waals surface area (Å²) in [6.07, 6.45) is 0.537. The van der Waals surface area contributed by atoms with Gasteiger partial charge in [0.2, 0.25) is 11.6 Å². The van der Waals surface area contributed by atoms with Gasteiger partial charge in [-0.15, -0.1) is 11.3 Å². The zero-order chi connectivity index (χ0) is 23.5. The first kappa shape index (κ1) is 22.5. The van der Waals surface area contributed by atoms with Gasteiger partial charge in [0.1, 0.15) is 16.3 Å². The van der Waals surface area contributed by atoms with E-state index >= 15 is 0 Å². The molecule has 0 aliphatic rings. The molecule has 0 atom stereocenters. The monoisotopic (exact) mass is 471 g/mol. The fourth-order valence-electron chi connectivity index (χ4n) is 3.40. The maximum Gasteiger partial charge on any atom is 0.262 e. The van der Waals surface area contributed by atoms with E-state index < -0.39 is 5.91 Å². The molecule has 2 heterocycles. The largest absolute Gasteiger partial charge is 0.493 e. The Labute approximate surface area is 193 Å². The first-order valence-corrected chi connectivity index (χ1v) is 10.9. The Morgan fingerprint density at radius 2 is 1.82 bits per heavy atom. The van der Waals surface area contributed by atoms with Gasteiger partial charge in [-0.05, 0) is 12.1 Å².